The van der Waals surface area contributed by atoms with Crippen molar-refractivity contribution in [2.45, 2.75) is 6.10 Å². The summed E-state index contributed by atoms with van der Waals surface area (Å²) >= 11 is 0. The van der Waals surface area contributed by atoms with Crippen LogP contribution in [-0.4, -0.2) is 35.4 Å². The second-order valence-corrected chi connectivity index (χ2v) is 5.11. The molecule has 7 heteroatoms. The van der Waals surface area contributed by atoms with Crippen LogP contribution in [0.25, 0.3) is 6.08 Å². The number of benzene rings is 1. The van der Waals surface area contributed by atoms with Crippen LogP contribution in [0.2, 0.25) is 0 Å². The molecular weight excluding hydrogens is 300 g/mol. The molecule has 0 radical (unpaired) electrons. The van der Waals surface area contributed by atoms with Crippen LogP contribution in [0.15, 0.2) is 46.8 Å². The molecule has 1 aliphatic rings. The molecule has 0 bridgehead atoms. The average Bonchev–Trinajstić information content (AvgIpc) is 3.04. The first kappa shape index (κ1) is 15.1. The second kappa shape index (κ2) is 6.15. The van der Waals surface area contributed by atoms with E-state index < -0.39 is 18.6 Å². The molecule has 0 saturated carbocycles. The van der Waals surface area contributed by atoms with Gasteiger partial charge in [-0.3, -0.25) is 9.69 Å². The fourth-order valence-electron chi connectivity index (χ4n) is 2.28. The highest BCUT2D eigenvalue weighted by Gasteiger charge is 2.32. The van der Waals surface area contributed by atoms with E-state index in [1.807, 2.05) is 0 Å². The normalized spacial score (nSPS) is 17.0. The van der Waals surface area contributed by atoms with Crippen molar-refractivity contribution < 1.29 is 24.2 Å². The van der Waals surface area contributed by atoms with Crippen LogP contribution in [0.4, 0.5) is 11.4 Å². The highest BCUT2D eigenvalue weighted by molar-refractivity contribution is 6.10. The predicted molar refractivity (Wildman–Crippen MR) is 83.6 cm³/mol. The van der Waals surface area contributed by atoms with Crippen molar-refractivity contribution in [2.24, 2.45) is 0 Å². The topological polar surface area (TPSA) is 109 Å². The largest absolute Gasteiger partial charge is 0.465 e. The highest BCUT2D eigenvalue weighted by Crippen LogP contribution is 2.37. The maximum Gasteiger partial charge on any atom is 0.294 e. The smallest absolute Gasteiger partial charge is 0.294 e. The van der Waals surface area contributed by atoms with Gasteiger partial charge >= 0.3 is 0 Å². The van der Waals surface area contributed by atoms with Crippen LogP contribution in [0.3, 0.4) is 0 Å². The van der Waals surface area contributed by atoms with Crippen molar-refractivity contribution in [1.82, 2.24) is 0 Å². The minimum Gasteiger partial charge on any atom is -0.465 e. The molecule has 1 unspecified atom stereocenters. The molecule has 1 amide bonds. The zero-order valence-corrected chi connectivity index (χ0v) is 12.2. The molecule has 1 aromatic carbocycles. The summed E-state index contributed by atoms with van der Waals surface area (Å²) in [5, 5.41) is 18.8. The van der Waals surface area contributed by atoms with E-state index in [1.54, 1.807) is 30.3 Å². The summed E-state index contributed by atoms with van der Waals surface area (Å²) in [7, 11) is 0. The van der Waals surface area contributed by atoms with E-state index in [0.29, 0.717) is 22.9 Å². The second-order valence-electron chi connectivity index (χ2n) is 5.11. The van der Waals surface area contributed by atoms with Gasteiger partial charge in [0.15, 0.2) is 11.5 Å². The summed E-state index contributed by atoms with van der Waals surface area (Å²) in [5.74, 6) is 0.506. The fraction of sp³-hybridized carbons (Fsp3) is 0.188. The summed E-state index contributed by atoms with van der Waals surface area (Å²) in [4.78, 5) is 14.0. The van der Waals surface area contributed by atoms with Crippen molar-refractivity contribution in [1.29, 1.82) is 0 Å². The number of hydrogen-bond donors (Lipinski definition) is 3. The SMILES string of the molecule is Nc1ccc2c(c1)N(CC(O)CO)C(=O)/C(=C\c1ccco1)O2. The van der Waals surface area contributed by atoms with Gasteiger partial charge in [0, 0.05) is 11.8 Å². The Morgan fingerprint density at radius 3 is 2.87 bits per heavy atom. The van der Waals surface area contributed by atoms with E-state index in [2.05, 4.69) is 0 Å². The first-order chi connectivity index (χ1) is 11.1. The molecule has 7 nitrogen and oxygen atoms in total. The number of ether oxygens (including phenoxy) is 1. The lowest BCUT2D eigenvalue weighted by atomic mass is 10.1. The Hall–Kier alpha value is -2.77. The summed E-state index contributed by atoms with van der Waals surface area (Å²) in [6, 6.07) is 8.27. The lowest BCUT2D eigenvalue weighted by Crippen LogP contribution is -2.43. The molecule has 120 valence electrons. The molecule has 1 aromatic heterocycles. The first-order valence-corrected chi connectivity index (χ1v) is 7.02. The van der Waals surface area contributed by atoms with E-state index >= 15 is 0 Å². The van der Waals surface area contributed by atoms with Gasteiger partial charge in [-0.05, 0) is 30.3 Å². The van der Waals surface area contributed by atoms with E-state index in [1.165, 1.54) is 17.2 Å². The van der Waals surface area contributed by atoms with Gasteiger partial charge in [0.05, 0.1) is 31.2 Å². The number of aliphatic hydroxyl groups excluding tert-OH is 2. The van der Waals surface area contributed by atoms with Gasteiger partial charge in [0.1, 0.15) is 5.76 Å². The molecular formula is C16H16N2O5. The number of β-amino-alcohol motifs (C(OH)–C–C–N with tert-alkyl or cyclic N) is 1. The lowest BCUT2D eigenvalue weighted by Gasteiger charge is -2.31. The van der Waals surface area contributed by atoms with Crippen LogP contribution in [0.1, 0.15) is 5.76 Å². The number of furan rings is 1. The quantitative estimate of drug-likeness (QED) is 0.573. The van der Waals surface area contributed by atoms with Gasteiger partial charge in [-0.15, -0.1) is 0 Å². The maximum atomic E-state index is 12.6. The Balaban J connectivity index is 2.02. The Labute approximate surface area is 132 Å². The Bertz CT molecular complexity index is 739. The molecule has 2 aromatic rings. The number of carbonyl (C=O) groups is 1. The minimum absolute atomic E-state index is 0.0577. The zero-order chi connectivity index (χ0) is 16.4. The van der Waals surface area contributed by atoms with Crippen molar-refractivity contribution in [3.8, 4) is 5.75 Å². The molecule has 0 aliphatic carbocycles. The van der Waals surface area contributed by atoms with E-state index in [0.717, 1.165) is 0 Å². The maximum absolute atomic E-state index is 12.6. The van der Waals surface area contributed by atoms with Gasteiger partial charge in [-0.2, -0.15) is 0 Å². The number of hydrogen-bond acceptors (Lipinski definition) is 6. The molecule has 0 fully saturated rings. The summed E-state index contributed by atoms with van der Waals surface area (Å²) < 4.78 is 10.8. The van der Waals surface area contributed by atoms with Crippen LogP contribution in [0, 0.1) is 0 Å². The zero-order valence-electron chi connectivity index (χ0n) is 12.2. The molecule has 23 heavy (non-hydrogen) atoms. The number of carbonyl (C=O) groups excluding carboxylic acids is 1. The minimum atomic E-state index is -1.07. The van der Waals surface area contributed by atoms with Crippen LogP contribution in [-0.2, 0) is 4.79 Å². The Morgan fingerprint density at radius 1 is 1.35 bits per heavy atom. The summed E-state index contributed by atoms with van der Waals surface area (Å²) in [6.45, 7) is -0.538. The number of anilines is 2. The molecule has 2 heterocycles. The third-order valence-electron chi connectivity index (χ3n) is 3.37. The number of fused-ring (bicyclic) bond motifs is 1. The number of amides is 1. The number of nitrogens with zero attached hydrogens (tertiary/aromatic N) is 1. The third kappa shape index (κ3) is 3.05. The molecule has 0 spiro atoms. The number of rotatable bonds is 4. The molecule has 1 aliphatic heterocycles. The molecule has 4 N–H and O–H groups in total. The van der Waals surface area contributed by atoms with Crippen molar-refractivity contribution in [3.05, 3.63) is 48.1 Å². The van der Waals surface area contributed by atoms with Crippen molar-refractivity contribution in [3.63, 3.8) is 0 Å². The summed E-state index contributed by atoms with van der Waals surface area (Å²) in [5.41, 5.74) is 6.67. The summed E-state index contributed by atoms with van der Waals surface area (Å²) in [6.07, 6.45) is 1.89. The van der Waals surface area contributed by atoms with Gasteiger partial charge in [-0.25, -0.2) is 0 Å². The molecule has 1 atom stereocenters. The van der Waals surface area contributed by atoms with Crippen molar-refractivity contribution in [2.75, 3.05) is 23.8 Å². The van der Waals surface area contributed by atoms with E-state index in [9.17, 15) is 9.90 Å². The standard InChI is InChI=1S/C16H16N2O5/c17-10-3-4-14-13(6-10)18(8-11(20)9-19)16(21)15(23-14)7-12-2-1-5-22-12/h1-7,11,19-20H,8-9,17H2/b15-7+. The Kier molecular flexibility index (Phi) is 4.05. The third-order valence-corrected chi connectivity index (χ3v) is 3.37. The van der Waals surface area contributed by atoms with E-state index in [4.69, 9.17) is 20.0 Å². The lowest BCUT2D eigenvalue weighted by molar-refractivity contribution is -0.118. The average molecular weight is 316 g/mol. The number of aliphatic hydroxyl groups is 2. The van der Waals surface area contributed by atoms with Crippen LogP contribution < -0.4 is 15.4 Å². The fourth-order valence-corrected chi connectivity index (χ4v) is 2.28. The van der Waals surface area contributed by atoms with Crippen LogP contribution >= 0.6 is 0 Å². The van der Waals surface area contributed by atoms with Crippen molar-refractivity contribution >= 4 is 23.4 Å². The number of nitrogens with two attached hydrogens (primary N) is 1. The van der Waals surface area contributed by atoms with Gasteiger partial charge in [-0.1, -0.05) is 0 Å². The Morgan fingerprint density at radius 2 is 2.17 bits per heavy atom. The monoisotopic (exact) mass is 316 g/mol. The highest BCUT2D eigenvalue weighted by atomic mass is 16.5. The number of nitrogen functional groups attached to an aromatic ring is 1. The van der Waals surface area contributed by atoms with Gasteiger partial charge in [0.25, 0.3) is 5.91 Å². The van der Waals surface area contributed by atoms with Crippen LogP contribution in [0.5, 0.6) is 5.75 Å². The predicted octanol–water partition coefficient (Wildman–Crippen LogP) is 0.982. The molecule has 3 rings (SSSR count). The molecule has 0 saturated heterocycles. The van der Waals surface area contributed by atoms with E-state index in [-0.39, 0.29) is 12.3 Å². The first-order valence-electron chi connectivity index (χ1n) is 7.02. The van der Waals surface area contributed by atoms with Gasteiger partial charge < -0.3 is 25.1 Å². The van der Waals surface area contributed by atoms with Gasteiger partial charge in [0.2, 0.25) is 0 Å².